The van der Waals surface area contributed by atoms with Gasteiger partial charge in [0.25, 0.3) is 0 Å². The normalized spacial score (nSPS) is 30.7. The number of sulfone groups is 1. The summed E-state index contributed by atoms with van der Waals surface area (Å²) in [6.45, 7) is 0.762. The molecule has 0 amide bonds. The van der Waals surface area contributed by atoms with Crippen molar-refractivity contribution in [3.8, 4) is 0 Å². The van der Waals surface area contributed by atoms with Crippen molar-refractivity contribution < 1.29 is 13.5 Å². The SMILES string of the molecule is O=S1(=O)CCC(N(CCO)C2CCC2)C1. The molecule has 0 radical (unpaired) electrons. The van der Waals surface area contributed by atoms with Crippen LogP contribution in [0.2, 0.25) is 0 Å². The molecule has 0 spiro atoms. The summed E-state index contributed by atoms with van der Waals surface area (Å²) in [6.07, 6.45) is 4.32. The first kappa shape index (κ1) is 11.4. The highest BCUT2D eigenvalue weighted by Crippen LogP contribution is 2.29. The standard InChI is InChI=1S/C10H19NO3S/c12-6-5-11(9-2-1-3-9)10-4-7-15(13,14)8-10/h9-10,12H,1-8H2. The van der Waals surface area contributed by atoms with E-state index in [-0.39, 0.29) is 12.6 Å². The van der Waals surface area contributed by atoms with Gasteiger partial charge in [-0.2, -0.15) is 0 Å². The number of aliphatic hydroxyl groups is 1. The minimum atomic E-state index is -2.80. The Hall–Kier alpha value is -0.130. The van der Waals surface area contributed by atoms with E-state index in [9.17, 15) is 8.42 Å². The van der Waals surface area contributed by atoms with Crippen molar-refractivity contribution in [2.24, 2.45) is 0 Å². The van der Waals surface area contributed by atoms with Gasteiger partial charge < -0.3 is 5.11 Å². The van der Waals surface area contributed by atoms with Gasteiger partial charge >= 0.3 is 0 Å². The molecule has 1 saturated carbocycles. The van der Waals surface area contributed by atoms with Gasteiger partial charge in [0.2, 0.25) is 0 Å². The number of hydrogen-bond donors (Lipinski definition) is 1. The van der Waals surface area contributed by atoms with E-state index in [4.69, 9.17) is 5.11 Å². The number of nitrogens with zero attached hydrogens (tertiary/aromatic N) is 1. The molecule has 1 atom stereocenters. The van der Waals surface area contributed by atoms with E-state index in [1.54, 1.807) is 0 Å². The molecule has 2 fully saturated rings. The molecule has 0 aromatic heterocycles. The van der Waals surface area contributed by atoms with Crippen LogP contribution in [0.3, 0.4) is 0 Å². The van der Waals surface area contributed by atoms with Gasteiger partial charge in [0.15, 0.2) is 9.84 Å². The summed E-state index contributed by atoms with van der Waals surface area (Å²) < 4.78 is 22.8. The third-order valence-electron chi connectivity index (χ3n) is 3.58. The van der Waals surface area contributed by atoms with Crippen molar-refractivity contribution in [3.63, 3.8) is 0 Å². The third-order valence-corrected chi connectivity index (χ3v) is 5.33. The molecular formula is C10H19NO3S. The lowest BCUT2D eigenvalue weighted by Gasteiger charge is -2.40. The molecule has 2 rings (SSSR count). The molecule has 1 N–H and O–H groups in total. The lowest BCUT2D eigenvalue weighted by molar-refractivity contribution is 0.0691. The molecule has 1 heterocycles. The summed E-state index contributed by atoms with van der Waals surface area (Å²) in [5, 5.41) is 9.00. The molecule has 88 valence electrons. The first-order chi connectivity index (χ1) is 7.12. The van der Waals surface area contributed by atoms with E-state index in [0.29, 0.717) is 24.1 Å². The zero-order valence-corrected chi connectivity index (χ0v) is 9.75. The summed E-state index contributed by atoms with van der Waals surface area (Å²) in [5.74, 6) is 0.621. The molecule has 4 nitrogen and oxygen atoms in total. The largest absolute Gasteiger partial charge is 0.395 e. The van der Waals surface area contributed by atoms with E-state index in [1.807, 2.05) is 0 Å². The van der Waals surface area contributed by atoms with Crippen LogP contribution in [0.4, 0.5) is 0 Å². The van der Waals surface area contributed by atoms with Crippen LogP contribution in [0.15, 0.2) is 0 Å². The first-order valence-electron chi connectivity index (χ1n) is 5.69. The zero-order chi connectivity index (χ0) is 10.9. The molecule has 1 unspecified atom stereocenters. The summed E-state index contributed by atoms with van der Waals surface area (Å²) in [5.41, 5.74) is 0. The monoisotopic (exact) mass is 233 g/mol. The third kappa shape index (κ3) is 2.52. The highest BCUT2D eigenvalue weighted by atomic mass is 32.2. The molecular weight excluding hydrogens is 214 g/mol. The fourth-order valence-corrected chi connectivity index (χ4v) is 4.28. The minimum absolute atomic E-state index is 0.132. The van der Waals surface area contributed by atoms with Crippen LogP contribution < -0.4 is 0 Å². The maximum atomic E-state index is 11.4. The minimum Gasteiger partial charge on any atom is -0.395 e. The molecule has 0 aromatic rings. The van der Waals surface area contributed by atoms with Gasteiger partial charge in [-0.25, -0.2) is 8.42 Å². The maximum absolute atomic E-state index is 11.4. The van der Waals surface area contributed by atoms with Crippen LogP contribution in [0.5, 0.6) is 0 Å². The Bertz CT molecular complexity index is 311. The summed E-state index contributed by atoms with van der Waals surface area (Å²) in [4.78, 5) is 2.22. The predicted octanol–water partition coefficient (Wildman–Crippen LogP) is 0.0203. The lowest BCUT2D eigenvalue weighted by Crippen LogP contribution is -2.48. The molecule has 2 aliphatic rings. The highest BCUT2D eigenvalue weighted by Gasteiger charge is 2.36. The second-order valence-corrected chi connectivity index (χ2v) is 6.83. The van der Waals surface area contributed by atoms with Crippen LogP contribution in [0.1, 0.15) is 25.7 Å². The predicted molar refractivity (Wildman–Crippen MR) is 58.5 cm³/mol. The van der Waals surface area contributed by atoms with Crippen molar-refractivity contribution in [1.29, 1.82) is 0 Å². The molecule has 0 bridgehead atoms. The second-order valence-electron chi connectivity index (χ2n) is 4.60. The fourth-order valence-electron chi connectivity index (χ4n) is 2.53. The topological polar surface area (TPSA) is 57.6 Å². The average molecular weight is 233 g/mol. The lowest BCUT2D eigenvalue weighted by atomic mass is 9.90. The van der Waals surface area contributed by atoms with Crippen molar-refractivity contribution in [1.82, 2.24) is 4.90 Å². The molecule has 1 aliphatic heterocycles. The van der Waals surface area contributed by atoms with Crippen LogP contribution in [-0.4, -0.2) is 55.2 Å². The van der Waals surface area contributed by atoms with Gasteiger partial charge in [-0.05, 0) is 19.3 Å². The van der Waals surface area contributed by atoms with Crippen molar-refractivity contribution in [2.75, 3.05) is 24.7 Å². The van der Waals surface area contributed by atoms with E-state index >= 15 is 0 Å². The molecule has 15 heavy (non-hydrogen) atoms. The van der Waals surface area contributed by atoms with Gasteiger partial charge in [0.05, 0.1) is 18.1 Å². The number of aliphatic hydroxyl groups excluding tert-OH is 1. The molecule has 1 saturated heterocycles. The molecule has 1 aliphatic carbocycles. The van der Waals surface area contributed by atoms with Crippen molar-refractivity contribution in [2.45, 2.75) is 37.8 Å². The highest BCUT2D eigenvalue weighted by molar-refractivity contribution is 7.91. The van der Waals surface area contributed by atoms with Gasteiger partial charge in [-0.1, -0.05) is 6.42 Å². The van der Waals surface area contributed by atoms with Crippen LogP contribution in [-0.2, 0) is 9.84 Å². The van der Waals surface area contributed by atoms with Crippen LogP contribution in [0.25, 0.3) is 0 Å². The Morgan fingerprint density at radius 2 is 1.93 bits per heavy atom. The van der Waals surface area contributed by atoms with E-state index in [1.165, 1.54) is 6.42 Å². The number of hydrogen-bond acceptors (Lipinski definition) is 4. The summed E-state index contributed by atoms with van der Waals surface area (Å²) in [7, 11) is -2.80. The Morgan fingerprint density at radius 1 is 1.20 bits per heavy atom. The van der Waals surface area contributed by atoms with E-state index < -0.39 is 9.84 Å². The Balaban J connectivity index is 1.98. The van der Waals surface area contributed by atoms with Gasteiger partial charge in [0, 0.05) is 18.6 Å². The second kappa shape index (κ2) is 4.39. The van der Waals surface area contributed by atoms with Gasteiger partial charge in [-0.15, -0.1) is 0 Å². The molecule has 0 aromatic carbocycles. The smallest absolute Gasteiger partial charge is 0.151 e. The zero-order valence-electron chi connectivity index (χ0n) is 8.93. The first-order valence-corrected chi connectivity index (χ1v) is 7.51. The average Bonchev–Trinajstić information content (AvgIpc) is 2.42. The molecule has 5 heteroatoms. The van der Waals surface area contributed by atoms with Crippen molar-refractivity contribution in [3.05, 3.63) is 0 Å². The van der Waals surface area contributed by atoms with Crippen LogP contribution >= 0.6 is 0 Å². The van der Waals surface area contributed by atoms with Crippen molar-refractivity contribution >= 4 is 9.84 Å². The van der Waals surface area contributed by atoms with Gasteiger partial charge in [0.1, 0.15) is 0 Å². The Labute approximate surface area is 91.2 Å². The van der Waals surface area contributed by atoms with Gasteiger partial charge in [-0.3, -0.25) is 4.90 Å². The van der Waals surface area contributed by atoms with Crippen LogP contribution in [0, 0.1) is 0 Å². The summed E-state index contributed by atoms with van der Waals surface area (Å²) >= 11 is 0. The number of rotatable bonds is 4. The maximum Gasteiger partial charge on any atom is 0.151 e. The summed E-state index contributed by atoms with van der Waals surface area (Å²) in [6, 6.07) is 0.683. The van der Waals surface area contributed by atoms with E-state index in [2.05, 4.69) is 4.90 Å². The Kier molecular flexibility index (Phi) is 3.33. The Morgan fingerprint density at radius 3 is 2.33 bits per heavy atom. The van der Waals surface area contributed by atoms with E-state index in [0.717, 1.165) is 19.3 Å². The quantitative estimate of drug-likeness (QED) is 0.744. The fraction of sp³-hybridized carbons (Fsp3) is 1.00.